The van der Waals surface area contributed by atoms with Crippen LogP contribution in [-0.4, -0.2) is 24.2 Å². The second-order valence-electron chi connectivity index (χ2n) is 3.34. The van der Waals surface area contributed by atoms with Crippen LogP contribution >= 0.6 is 0 Å². The van der Waals surface area contributed by atoms with Crippen molar-refractivity contribution in [2.75, 3.05) is 13.1 Å². The van der Waals surface area contributed by atoms with E-state index in [9.17, 15) is 0 Å². The fourth-order valence-corrected chi connectivity index (χ4v) is 1.81. The Labute approximate surface area is 72.9 Å². The summed E-state index contributed by atoms with van der Waals surface area (Å²) >= 11 is 0. The first kappa shape index (κ1) is 7.68. The van der Waals surface area contributed by atoms with Crippen LogP contribution in [0.25, 0.3) is 0 Å². The predicted octanol–water partition coefficient (Wildman–Crippen LogP) is 0.368. The smallest absolute Gasteiger partial charge is 0.120 e. The molecule has 2 rings (SSSR count). The molecule has 0 aromatic heterocycles. The molecule has 1 saturated heterocycles. The molecule has 2 aliphatic heterocycles. The molecule has 3 nitrogen and oxygen atoms in total. The van der Waals surface area contributed by atoms with Crippen molar-refractivity contribution in [2.24, 2.45) is 5.73 Å². The molecule has 0 radical (unpaired) electrons. The Morgan fingerprint density at radius 3 is 2.83 bits per heavy atom. The molecule has 12 heavy (non-hydrogen) atoms. The largest absolute Gasteiger partial charge is 0.399 e. The first-order chi connectivity index (χ1) is 5.88. The van der Waals surface area contributed by atoms with E-state index in [-0.39, 0.29) is 6.17 Å². The third kappa shape index (κ3) is 1.32. The van der Waals surface area contributed by atoms with Crippen molar-refractivity contribution in [1.29, 1.82) is 0 Å². The number of nitrogens with two attached hydrogens (primary N) is 1. The number of likely N-dealkylation sites (tertiary alicyclic amines) is 1. The summed E-state index contributed by atoms with van der Waals surface area (Å²) in [6.07, 6.45) is 8.72. The van der Waals surface area contributed by atoms with Gasteiger partial charge in [0, 0.05) is 18.8 Å². The fraction of sp³-hybridized carbons (Fsp3) is 0.556. The number of dihydropyridines is 1. The molecule has 1 fully saturated rings. The SMILES string of the molecule is NC1=CC=CNC1N1CCCC1. The maximum absolute atomic E-state index is 5.86. The van der Waals surface area contributed by atoms with Gasteiger partial charge in [-0.3, -0.25) is 4.90 Å². The van der Waals surface area contributed by atoms with Crippen molar-refractivity contribution in [2.45, 2.75) is 19.0 Å². The summed E-state index contributed by atoms with van der Waals surface area (Å²) in [5, 5.41) is 3.26. The number of hydrogen-bond acceptors (Lipinski definition) is 3. The lowest BCUT2D eigenvalue weighted by Crippen LogP contribution is -2.46. The molecular formula is C9H15N3. The lowest BCUT2D eigenvalue weighted by atomic mass is 10.2. The Morgan fingerprint density at radius 1 is 1.42 bits per heavy atom. The van der Waals surface area contributed by atoms with E-state index in [1.165, 1.54) is 25.9 Å². The van der Waals surface area contributed by atoms with E-state index >= 15 is 0 Å². The van der Waals surface area contributed by atoms with Crippen molar-refractivity contribution in [1.82, 2.24) is 10.2 Å². The summed E-state index contributed by atoms with van der Waals surface area (Å²) in [4.78, 5) is 2.38. The van der Waals surface area contributed by atoms with Gasteiger partial charge in [0.25, 0.3) is 0 Å². The molecule has 3 N–H and O–H groups in total. The quantitative estimate of drug-likeness (QED) is 0.589. The van der Waals surface area contributed by atoms with Gasteiger partial charge in [-0.25, -0.2) is 0 Å². The lowest BCUT2D eigenvalue weighted by Gasteiger charge is -2.29. The van der Waals surface area contributed by atoms with Crippen LogP contribution in [0.2, 0.25) is 0 Å². The second kappa shape index (κ2) is 3.19. The molecule has 0 saturated carbocycles. The number of rotatable bonds is 1. The zero-order chi connectivity index (χ0) is 8.39. The van der Waals surface area contributed by atoms with E-state index in [1.807, 2.05) is 18.4 Å². The maximum Gasteiger partial charge on any atom is 0.120 e. The second-order valence-corrected chi connectivity index (χ2v) is 3.34. The van der Waals surface area contributed by atoms with Crippen molar-refractivity contribution >= 4 is 0 Å². The summed E-state index contributed by atoms with van der Waals surface area (Å²) in [5.74, 6) is 0. The minimum absolute atomic E-state index is 0.248. The summed E-state index contributed by atoms with van der Waals surface area (Å²) in [5.41, 5.74) is 6.79. The topological polar surface area (TPSA) is 41.3 Å². The Kier molecular flexibility index (Phi) is 2.04. The Hall–Kier alpha value is -0.960. The number of hydrogen-bond donors (Lipinski definition) is 2. The highest BCUT2D eigenvalue weighted by Crippen LogP contribution is 2.14. The van der Waals surface area contributed by atoms with E-state index in [0.29, 0.717) is 0 Å². The van der Waals surface area contributed by atoms with Gasteiger partial charge in [-0.1, -0.05) is 0 Å². The molecule has 0 aromatic rings. The van der Waals surface area contributed by atoms with Crippen LogP contribution in [0.5, 0.6) is 0 Å². The predicted molar refractivity (Wildman–Crippen MR) is 49.1 cm³/mol. The molecule has 0 aliphatic carbocycles. The van der Waals surface area contributed by atoms with Crippen LogP contribution in [0, 0.1) is 0 Å². The van der Waals surface area contributed by atoms with Crippen molar-refractivity contribution < 1.29 is 0 Å². The van der Waals surface area contributed by atoms with E-state index in [0.717, 1.165) is 5.70 Å². The minimum atomic E-state index is 0.248. The highest BCUT2D eigenvalue weighted by Gasteiger charge is 2.23. The molecule has 1 unspecified atom stereocenters. The fourth-order valence-electron chi connectivity index (χ4n) is 1.81. The number of nitrogens with one attached hydrogen (secondary N) is 1. The average molecular weight is 165 g/mol. The third-order valence-electron chi connectivity index (χ3n) is 2.46. The van der Waals surface area contributed by atoms with Gasteiger partial charge < -0.3 is 11.1 Å². The lowest BCUT2D eigenvalue weighted by molar-refractivity contribution is 0.249. The van der Waals surface area contributed by atoms with Crippen LogP contribution in [0.1, 0.15) is 12.8 Å². The van der Waals surface area contributed by atoms with Gasteiger partial charge >= 0.3 is 0 Å². The highest BCUT2D eigenvalue weighted by atomic mass is 15.3. The van der Waals surface area contributed by atoms with E-state index in [2.05, 4.69) is 10.2 Å². The monoisotopic (exact) mass is 165 g/mol. The summed E-state index contributed by atoms with van der Waals surface area (Å²) in [6, 6.07) is 0. The standard InChI is InChI=1S/C9H15N3/c10-8-4-3-5-11-9(8)12-6-1-2-7-12/h3-5,9,11H,1-2,6-7,10H2. The zero-order valence-electron chi connectivity index (χ0n) is 7.16. The van der Waals surface area contributed by atoms with Gasteiger partial charge in [0.15, 0.2) is 0 Å². The number of nitrogens with zero attached hydrogens (tertiary/aromatic N) is 1. The van der Waals surface area contributed by atoms with Crippen LogP contribution < -0.4 is 11.1 Å². The van der Waals surface area contributed by atoms with Gasteiger partial charge in [0.2, 0.25) is 0 Å². The van der Waals surface area contributed by atoms with Gasteiger partial charge in [0.1, 0.15) is 6.17 Å². The van der Waals surface area contributed by atoms with Crippen LogP contribution in [-0.2, 0) is 0 Å². The molecular weight excluding hydrogens is 150 g/mol. The van der Waals surface area contributed by atoms with Gasteiger partial charge in [0.05, 0.1) is 0 Å². The van der Waals surface area contributed by atoms with E-state index in [4.69, 9.17) is 5.73 Å². The van der Waals surface area contributed by atoms with Crippen LogP contribution in [0.3, 0.4) is 0 Å². The van der Waals surface area contributed by atoms with Crippen molar-refractivity contribution in [3.05, 3.63) is 24.0 Å². The van der Waals surface area contributed by atoms with E-state index in [1.54, 1.807) is 0 Å². The normalized spacial score (nSPS) is 30.0. The van der Waals surface area contributed by atoms with Crippen molar-refractivity contribution in [3.63, 3.8) is 0 Å². The van der Waals surface area contributed by atoms with Gasteiger partial charge in [-0.15, -0.1) is 0 Å². The summed E-state index contributed by atoms with van der Waals surface area (Å²) in [6.45, 7) is 2.33. The Balaban J connectivity index is 2.03. The molecule has 2 aliphatic rings. The molecule has 0 bridgehead atoms. The average Bonchev–Trinajstić information content (AvgIpc) is 2.57. The molecule has 2 heterocycles. The van der Waals surface area contributed by atoms with Crippen LogP contribution in [0.15, 0.2) is 24.0 Å². The molecule has 1 atom stereocenters. The third-order valence-corrected chi connectivity index (χ3v) is 2.46. The summed E-state index contributed by atoms with van der Waals surface area (Å²) < 4.78 is 0. The maximum atomic E-state index is 5.86. The highest BCUT2D eigenvalue weighted by molar-refractivity contribution is 5.19. The molecule has 3 heteroatoms. The van der Waals surface area contributed by atoms with E-state index < -0.39 is 0 Å². The number of allylic oxidation sites excluding steroid dienone is 2. The van der Waals surface area contributed by atoms with Crippen molar-refractivity contribution in [3.8, 4) is 0 Å². The van der Waals surface area contributed by atoms with Crippen LogP contribution in [0.4, 0.5) is 0 Å². The first-order valence-electron chi connectivity index (χ1n) is 4.50. The molecule has 0 amide bonds. The first-order valence-corrected chi connectivity index (χ1v) is 4.50. The van der Waals surface area contributed by atoms with Gasteiger partial charge in [-0.05, 0) is 31.2 Å². The molecule has 0 aromatic carbocycles. The summed E-state index contributed by atoms with van der Waals surface area (Å²) in [7, 11) is 0. The van der Waals surface area contributed by atoms with Gasteiger partial charge in [-0.2, -0.15) is 0 Å². The molecule has 66 valence electrons. The Bertz CT molecular complexity index is 214. The molecule has 0 spiro atoms. The minimum Gasteiger partial charge on any atom is -0.399 e. The Morgan fingerprint density at radius 2 is 2.17 bits per heavy atom. The zero-order valence-corrected chi connectivity index (χ0v) is 7.16.